The molecule has 1 N–H and O–H groups in total. The molecule has 70 valence electrons. The van der Waals surface area contributed by atoms with Crippen molar-refractivity contribution < 1.29 is 9.90 Å². The Morgan fingerprint density at radius 1 is 1.33 bits per heavy atom. The molecule has 0 fully saturated rings. The van der Waals surface area contributed by atoms with Gasteiger partial charge in [-0.2, -0.15) is 0 Å². The van der Waals surface area contributed by atoms with Crippen molar-refractivity contribution in [2.24, 2.45) is 11.3 Å². The minimum Gasteiger partial charge on any atom is -0.512 e. The third-order valence-corrected chi connectivity index (χ3v) is 1.62. The van der Waals surface area contributed by atoms with Gasteiger partial charge in [0.1, 0.15) is 5.76 Å². The number of aliphatic hydroxyl groups excluding tert-OH is 1. The Hall–Kier alpha value is -0.790. The van der Waals surface area contributed by atoms with E-state index in [4.69, 9.17) is 0 Å². The van der Waals surface area contributed by atoms with Crippen molar-refractivity contribution in [1.29, 1.82) is 0 Å². The topological polar surface area (TPSA) is 37.3 Å². The first-order chi connectivity index (χ1) is 5.25. The van der Waals surface area contributed by atoms with Gasteiger partial charge >= 0.3 is 0 Å². The molecule has 0 rings (SSSR count). The Morgan fingerprint density at radius 3 is 2.00 bits per heavy atom. The lowest BCUT2D eigenvalue weighted by atomic mass is 9.92. The van der Waals surface area contributed by atoms with Crippen LogP contribution >= 0.6 is 0 Å². The van der Waals surface area contributed by atoms with Gasteiger partial charge in [0.05, 0.1) is 0 Å². The molecule has 0 spiro atoms. The van der Waals surface area contributed by atoms with E-state index in [0.717, 1.165) is 0 Å². The first-order valence-corrected chi connectivity index (χ1v) is 4.20. The fourth-order valence-corrected chi connectivity index (χ4v) is 0.518. The monoisotopic (exact) mass is 170 g/mol. The van der Waals surface area contributed by atoms with Gasteiger partial charge in [-0.15, -0.1) is 0 Å². The SMILES string of the molecule is CC(C)C(=O)/C=C(/O)C(C)(C)C. The molecule has 0 saturated carbocycles. The van der Waals surface area contributed by atoms with Crippen LogP contribution < -0.4 is 0 Å². The zero-order valence-corrected chi connectivity index (χ0v) is 8.51. The van der Waals surface area contributed by atoms with Crippen LogP contribution in [0.25, 0.3) is 0 Å². The summed E-state index contributed by atoms with van der Waals surface area (Å²) in [5.41, 5.74) is -0.329. The van der Waals surface area contributed by atoms with Crippen LogP contribution in [0.1, 0.15) is 34.6 Å². The highest BCUT2D eigenvalue weighted by Gasteiger charge is 2.17. The van der Waals surface area contributed by atoms with Gasteiger partial charge in [0.15, 0.2) is 5.78 Å². The number of ketones is 1. The zero-order valence-electron chi connectivity index (χ0n) is 8.51. The van der Waals surface area contributed by atoms with Crippen molar-refractivity contribution >= 4 is 5.78 Å². The van der Waals surface area contributed by atoms with Crippen molar-refractivity contribution in [3.8, 4) is 0 Å². The van der Waals surface area contributed by atoms with Gasteiger partial charge in [-0.3, -0.25) is 4.79 Å². The number of rotatable bonds is 2. The second-order valence-electron chi connectivity index (χ2n) is 4.34. The molecule has 0 aromatic heterocycles. The highest BCUT2D eigenvalue weighted by atomic mass is 16.3. The second kappa shape index (κ2) is 3.74. The zero-order chi connectivity index (χ0) is 9.94. The highest BCUT2D eigenvalue weighted by molar-refractivity contribution is 5.91. The van der Waals surface area contributed by atoms with E-state index >= 15 is 0 Å². The summed E-state index contributed by atoms with van der Waals surface area (Å²) < 4.78 is 0. The van der Waals surface area contributed by atoms with E-state index in [1.54, 1.807) is 0 Å². The van der Waals surface area contributed by atoms with Crippen LogP contribution in [-0.2, 0) is 4.79 Å². The van der Waals surface area contributed by atoms with Crippen molar-refractivity contribution in [2.75, 3.05) is 0 Å². The Labute approximate surface area is 74.3 Å². The van der Waals surface area contributed by atoms with Gasteiger partial charge in [0.25, 0.3) is 0 Å². The smallest absolute Gasteiger partial charge is 0.161 e. The third-order valence-electron chi connectivity index (χ3n) is 1.62. The van der Waals surface area contributed by atoms with Crippen molar-refractivity contribution in [3.63, 3.8) is 0 Å². The summed E-state index contributed by atoms with van der Waals surface area (Å²) in [5.74, 6) is 0.0816. The number of hydrogen-bond donors (Lipinski definition) is 1. The molecule has 0 unspecified atom stereocenters. The maximum atomic E-state index is 11.2. The molecule has 0 radical (unpaired) electrons. The number of allylic oxidation sites excluding steroid dienone is 2. The van der Waals surface area contributed by atoms with E-state index in [-0.39, 0.29) is 22.9 Å². The molecule has 0 aliphatic rings. The number of hydrogen-bond acceptors (Lipinski definition) is 2. The predicted molar refractivity (Wildman–Crippen MR) is 50.0 cm³/mol. The first-order valence-electron chi connectivity index (χ1n) is 4.20. The van der Waals surface area contributed by atoms with Crippen molar-refractivity contribution in [1.82, 2.24) is 0 Å². The minimum atomic E-state index is -0.329. The standard InChI is InChI=1S/C10H18O2/c1-7(2)8(11)6-9(12)10(3,4)5/h6-7,12H,1-5H3/b9-6+. The van der Waals surface area contributed by atoms with Crippen LogP contribution in [0.15, 0.2) is 11.8 Å². The Bertz CT molecular complexity index is 194. The quantitative estimate of drug-likeness (QED) is 0.511. The van der Waals surface area contributed by atoms with Crippen LogP contribution in [0.4, 0.5) is 0 Å². The molecule has 0 aromatic carbocycles. The van der Waals surface area contributed by atoms with Gasteiger partial charge < -0.3 is 5.11 Å². The largest absolute Gasteiger partial charge is 0.512 e. The van der Waals surface area contributed by atoms with E-state index in [9.17, 15) is 9.90 Å². The highest BCUT2D eigenvalue weighted by Crippen LogP contribution is 2.22. The lowest BCUT2D eigenvalue weighted by Crippen LogP contribution is -2.12. The minimum absolute atomic E-state index is 0.0255. The molecular formula is C10H18O2. The summed E-state index contributed by atoms with van der Waals surface area (Å²) in [6, 6.07) is 0. The average Bonchev–Trinajstić information content (AvgIpc) is 1.85. The first kappa shape index (κ1) is 11.2. The van der Waals surface area contributed by atoms with E-state index in [0.29, 0.717) is 0 Å². The van der Waals surface area contributed by atoms with E-state index in [1.807, 2.05) is 34.6 Å². The van der Waals surface area contributed by atoms with Gasteiger partial charge in [-0.05, 0) is 0 Å². The molecule has 0 saturated heterocycles. The number of carbonyl (C=O) groups is 1. The molecule has 2 nitrogen and oxygen atoms in total. The Morgan fingerprint density at radius 2 is 1.75 bits per heavy atom. The lowest BCUT2D eigenvalue weighted by Gasteiger charge is -2.17. The van der Waals surface area contributed by atoms with Gasteiger partial charge in [-0.25, -0.2) is 0 Å². The maximum Gasteiger partial charge on any atom is 0.161 e. The summed E-state index contributed by atoms with van der Waals surface area (Å²) in [5, 5.41) is 9.45. The molecule has 2 heteroatoms. The summed E-state index contributed by atoms with van der Waals surface area (Å²) in [6.07, 6.45) is 1.32. The second-order valence-corrected chi connectivity index (χ2v) is 4.34. The predicted octanol–water partition coefficient (Wildman–Crippen LogP) is 2.70. The van der Waals surface area contributed by atoms with Crippen LogP contribution in [0.3, 0.4) is 0 Å². The summed E-state index contributed by atoms with van der Waals surface area (Å²) >= 11 is 0. The maximum absolute atomic E-state index is 11.2. The summed E-state index contributed by atoms with van der Waals surface area (Å²) in [6.45, 7) is 9.23. The van der Waals surface area contributed by atoms with Crippen LogP contribution in [0.5, 0.6) is 0 Å². The van der Waals surface area contributed by atoms with Crippen molar-refractivity contribution in [2.45, 2.75) is 34.6 Å². The lowest BCUT2D eigenvalue weighted by molar-refractivity contribution is -0.117. The Kier molecular flexibility index (Phi) is 3.50. The average molecular weight is 170 g/mol. The number of aliphatic hydroxyl groups is 1. The van der Waals surface area contributed by atoms with Crippen LogP contribution in [-0.4, -0.2) is 10.9 Å². The molecule has 0 heterocycles. The van der Waals surface area contributed by atoms with E-state index in [1.165, 1.54) is 6.08 Å². The van der Waals surface area contributed by atoms with Gasteiger partial charge in [-0.1, -0.05) is 34.6 Å². The fourth-order valence-electron chi connectivity index (χ4n) is 0.518. The molecule has 0 bridgehead atoms. The molecule has 0 amide bonds. The molecule has 0 aliphatic carbocycles. The van der Waals surface area contributed by atoms with Crippen LogP contribution in [0.2, 0.25) is 0 Å². The van der Waals surface area contributed by atoms with E-state index in [2.05, 4.69) is 0 Å². The molecule has 12 heavy (non-hydrogen) atoms. The normalized spacial score (nSPS) is 13.7. The van der Waals surface area contributed by atoms with Crippen LogP contribution in [0, 0.1) is 11.3 Å². The molecular weight excluding hydrogens is 152 g/mol. The van der Waals surface area contributed by atoms with Gasteiger partial charge in [0, 0.05) is 17.4 Å². The number of carbonyl (C=O) groups excluding carboxylic acids is 1. The molecule has 0 atom stereocenters. The van der Waals surface area contributed by atoms with Gasteiger partial charge in [0.2, 0.25) is 0 Å². The summed E-state index contributed by atoms with van der Waals surface area (Å²) in [4.78, 5) is 11.2. The molecule has 0 aliphatic heterocycles. The summed E-state index contributed by atoms with van der Waals surface area (Å²) in [7, 11) is 0. The molecule has 0 aromatic rings. The van der Waals surface area contributed by atoms with Crippen molar-refractivity contribution in [3.05, 3.63) is 11.8 Å². The third kappa shape index (κ3) is 3.56. The van der Waals surface area contributed by atoms with E-state index < -0.39 is 0 Å². The Balaban J connectivity index is 4.48. The fraction of sp³-hybridized carbons (Fsp3) is 0.700.